The highest BCUT2D eigenvalue weighted by atomic mass is 32.2. The minimum absolute atomic E-state index is 0.0345. The fraction of sp³-hybridized carbons (Fsp3) is 0.214. The van der Waals surface area contributed by atoms with Crippen LogP contribution in [0.5, 0.6) is 0 Å². The zero-order valence-electron chi connectivity index (χ0n) is 11.8. The van der Waals surface area contributed by atoms with Crippen molar-refractivity contribution in [2.45, 2.75) is 10.9 Å². The highest BCUT2D eigenvalue weighted by Crippen LogP contribution is 2.31. The minimum Gasteiger partial charge on any atom is -0.353 e. The van der Waals surface area contributed by atoms with Gasteiger partial charge in [0.25, 0.3) is 0 Å². The van der Waals surface area contributed by atoms with Gasteiger partial charge in [-0.15, -0.1) is 11.3 Å². The molecular weight excluding hydrogens is 336 g/mol. The number of carbonyl (C=O) groups excluding carboxylic acids is 1. The van der Waals surface area contributed by atoms with E-state index in [2.05, 4.69) is 10.3 Å². The van der Waals surface area contributed by atoms with Gasteiger partial charge in [-0.2, -0.15) is 9.57 Å². The molecule has 1 N–H and O–H groups in total. The lowest BCUT2D eigenvalue weighted by Gasteiger charge is -2.33. The van der Waals surface area contributed by atoms with Gasteiger partial charge in [-0.3, -0.25) is 4.79 Å². The van der Waals surface area contributed by atoms with E-state index >= 15 is 0 Å². The zero-order chi connectivity index (χ0) is 16.4. The van der Waals surface area contributed by atoms with E-state index in [9.17, 15) is 13.2 Å². The summed E-state index contributed by atoms with van der Waals surface area (Å²) in [4.78, 5) is 16.6. The molecule has 0 radical (unpaired) electrons. The Morgan fingerprint density at radius 1 is 1.39 bits per heavy atom. The van der Waals surface area contributed by atoms with E-state index in [0.29, 0.717) is 4.88 Å². The summed E-state index contributed by atoms with van der Waals surface area (Å²) in [6.45, 7) is 0.431. The van der Waals surface area contributed by atoms with E-state index in [1.165, 1.54) is 27.8 Å². The molecule has 9 heteroatoms. The van der Waals surface area contributed by atoms with Crippen LogP contribution in [0, 0.1) is 11.3 Å². The number of nitrogens with one attached hydrogen (secondary N) is 1. The number of hydrogen-bond donors (Lipinski definition) is 1. The second-order valence-corrected chi connectivity index (χ2v) is 7.69. The molecule has 1 aliphatic rings. The van der Waals surface area contributed by atoms with Crippen molar-refractivity contribution in [2.24, 2.45) is 0 Å². The Hall–Kier alpha value is -2.28. The Balaban J connectivity index is 2.02. The molecule has 3 heterocycles. The first-order valence-electron chi connectivity index (χ1n) is 6.73. The standard InChI is InChI=1S/C14H12N4O3S2/c15-8-10-3-4-11(9-17-10)23(20,21)18-6-5-16-14(19)13(18)12-2-1-7-22-12/h1-4,7,9,13H,5-6H2,(H,16,19)/t13-/m0/s1. The van der Waals surface area contributed by atoms with Gasteiger partial charge in [0.15, 0.2) is 0 Å². The molecule has 0 saturated carbocycles. The highest BCUT2D eigenvalue weighted by Gasteiger charge is 2.40. The molecule has 0 unspecified atom stereocenters. The van der Waals surface area contributed by atoms with E-state index in [4.69, 9.17) is 5.26 Å². The van der Waals surface area contributed by atoms with Gasteiger partial charge in [0.2, 0.25) is 15.9 Å². The molecule has 0 spiro atoms. The maximum Gasteiger partial charge on any atom is 0.245 e. The van der Waals surface area contributed by atoms with Crippen molar-refractivity contribution in [1.29, 1.82) is 5.26 Å². The van der Waals surface area contributed by atoms with Crippen LogP contribution >= 0.6 is 11.3 Å². The largest absolute Gasteiger partial charge is 0.353 e. The molecule has 7 nitrogen and oxygen atoms in total. The quantitative estimate of drug-likeness (QED) is 0.887. The molecular formula is C14H12N4O3S2. The lowest BCUT2D eigenvalue weighted by atomic mass is 10.2. The number of nitriles is 1. The molecule has 1 atom stereocenters. The fourth-order valence-corrected chi connectivity index (χ4v) is 4.77. The van der Waals surface area contributed by atoms with E-state index in [0.717, 1.165) is 6.20 Å². The Bertz CT molecular complexity index is 854. The van der Waals surface area contributed by atoms with Crippen LogP contribution in [0.2, 0.25) is 0 Å². The average Bonchev–Trinajstić information content (AvgIpc) is 3.08. The van der Waals surface area contributed by atoms with Gasteiger partial charge in [-0.1, -0.05) is 6.07 Å². The molecule has 1 amide bonds. The molecule has 1 fully saturated rings. The third-order valence-electron chi connectivity index (χ3n) is 3.44. The van der Waals surface area contributed by atoms with Crippen LogP contribution in [-0.4, -0.2) is 36.7 Å². The normalized spacial score (nSPS) is 19.1. The van der Waals surface area contributed by atoms with Crippen LogP contribution in [0.4, 0.5) is 0 Å². The summed E-state index contributed by atoms with van der Waals surface area (Å²) in [6.07, 6.45) is 1.14. The topological polar surface area (TPSA) is 103 Å². The summed E-state index contributed by atoms with van der Waals surface area (Å²) in [5.41, 5.74) is 0.134. The van der Waals surface area contributed by atoms with Crippen LogP contribution in [0.25, 0.3) is 0 Å². The predicted molar refractivity (Wildman–Crippen MR) is 82.9 cm³/mol. The van der Waals surface area contributed by atoms with Crippen molar-refractivity contribution in [1.82, 2.24) is 14.6 Å². The Morgan fingerprint density at radius 3 is 2.83 bits per heavy atom. The van der Waals surface area contributed by atoms with Crippen LogP contribution in [0.1, 0.15) is 16.6 Å². The van der Waals surface area contributed by atoms with Gasteiger partial charge < -0.3 is 5.32 Å². The molecule has 23 heavy (non-hydrogen) atoms. The van der Waals surface area contributed by atoms with Gasteiger partial charge >= 0.3 is 0 Å². The fourth-order valence-electron chi connectivity index (χ4n) is 2.36. The zero-order valence-corrected chi connectivity index (χ0v) is 13.5. The lowest BCUT2D eigenvalue weighted by molar-refractivity contribution is -0.126. The summed E-state index contributed by atoms with van der Waals surface area (Å²) in [7, 11) is -3.89. The number of hydrogen-bond acceptors (Lipinski definition) is 6. The molecule has 1 saturated heterocycles. The predicted octanol–water partition coefficient (Wildman–Crippen LogP) is 0.877. The molecule has 2 aromatic heterocycles. The average molecular weight is 348 g/mol. The van der Waals surface area contributed by atoms with E-state index in [1.54, 1.807) is 17.5 Å². The van der Waals surface area contributed by atoms with Crippen LogP contribution in [-0.2, 0) is 14.8 Å². The highest BCUT2D eigenvalue weighted by molar-refractivity contribution is 7.89. The number of thiophene rings is 1. The molecule has 118 valence electrons. The number of pyridine rings is 1. The van der Waals surface area contributed by atoms with Gasteiger partial charge in [0.1, 0.15) is 22.7 Å². The maximum atomic E-state index is 12.9. The summed E-state index contributed by atoms with van der Waals surface area (Å²) in [5, 5.41) is 13.2. The maximum absolute atomic E-state index is 12.9. The third kappa shape index (κ3) is 2.84. The SMILES string of the molecule is N#Cc1ccc(S(=O)(=O)N2CCNC(=O)[C@@H]2c2cccs2)cn1. The Kier molecular flexibility index (Phi) is 4.12. The van der Waals surface area contributed by atoms with E-state index in [1.807, 2.05) is 6.07 Å². The minimum atomic E-state index is -3.89. The van der Waals surface area contributed by atoms with Gasteiger partial charge in [0, 0.05) is 24.2 Å². The van der Waals surface area contributed by atoms with Gasteiger partial charge in [-0.25, -0.2) is 13.4 Å². The van der Waals surface area contributed by atoms with Crippen molar-refractivity contribution < 1.29 is 13.2 Å². The van der Waals surface area contributed by atoms with Gasteiger partial charge in [0.05, 0.1) is 0 Å². The molecule has 0 aromatic carbocycles. The van der Waals surface area contributed by atoms with Crippen LogP contribution in [0.15, 0.2) is 40.7 Å². The lowest BCUT2D eigenvalue weighted by Crippen LogP contribution is -2.51. The van der Waals surface area contributed by atoms with E-state index < -0.39 is 16.1 Å². The number of aromatic nitrogens is 1. The van der Waals surface area contributed by atoms with Crippen LogP contribution in [0.3, 0.4) is 0 Å². The summed E-state index contributed by atoms with van der Waals surface area (Å²) >= 11 is 1.33. The first-order valence-corrected chi connectivity index (χ1v) is 9.05. The molecule has 0 bridgehead atoms. The molecule has 0 aliphatic carbocycles. The third-order valence-corrected chi connectivity index (χ3v) is 6.21. The first-order chi connectivity index (χ1) is 11.0. The molecule has 2 aromatic rings. The number of piperazine rings is 1. The van der Waals surface area contributed by atoms with Crippen LogP contribution < -0.4 is 5.32 Å². The summed E-state index contributed by atoms with van der Waals surface area (Å²) < 4.78 is 26.9. The first kappa shape index (κ1) is 15.6. The number of amides is 1. The smallest absolute Gasteiger partial charge is 0.245 e. The second-order valence-electron chi connectivity index (χ2n) is 4.82. The molecule has 1 aliphatic heterocycles. The number of rotatable bonds is 3. The monoisotopic (exact) mass is 348 g/mol. The summed E-state index contributed by atoms with van der Waals surface area (Å²) in [6, 6.07) is 7.14. The Morgan fingerprint density at radius 2 is 2.22 bits per heavy atom. The molecule has 3 rings (SSSR count). The number of carbonyl (C=O) groups is 1. The van der Waals surface area contributed by atoms with Crippen molar-refractivity contribution in [3.05, 3.63) is 46.4 Å². The second kappa shape index (κ2) is 6.08. The number of nitrogens with zero attached hydrogens (tertiary/aromatic N) is 3. The van der Waals surface area contributed by atoms with Crippen molar-refractivity contribution in [3.63, 3.8) is 0 Å². The Labute approximate surface area is 137 Å². The summed E-state index contributed by atoms with van der Waals surface area (Å²) in [5.74, 6) is -0.344. The number of sulfonamides is 1. The van der Waals surface area contributed by atoms with Crippen molar-refractivity contribution in [3.8, 4) is 6.07 Å². The van der Waals surface area contributed by atoms with Crippen molar-refractivity contribution >= 4 is 27.3 Å². The van der Waals surface area contributed by atoms with Gasteiger partial charge in [-0.05, 0) is 23.6 Å². The van der Waals surface area contributed by atoms with E-state index in [-0.39, 0.29) is 29.6 Å². The van der Waals surface area contributed by atoms with Crippen molar-refractivity contribution in [2.75, 3.05) is 13.1 Å².